The van der Waals surface area contributed by atoms with Crippen LogP contribution in [0.4, 0.5) is 4.39 Å². The number of benzene rings is 2. The lowest BCUT2D eigenvalue weighted by Gasteiger charge is -2.10. The zero-order chi connectivity index (χ0) is 11.5. The van der Waals surface area contributed by atoms with Crippen molar-refractivity contribution < 1.29 is 9.50 Å². The standard InChI is InChI=1S/C14H13FO/c1-10-12(11-5-3-2-4-6-11)7-8-14(15)13(10)9-16/h2-8,16H,9H2,1H3. The Balaban J connectivity index is 2.59. The minimum Gasteiger partial charge on any atom is -0.392 e. The summed E-state index contributed by atoms with van der Waals surface area (Å²) in [6.45, 7) is 1.56. The maximum absolute atomic E-state index is 13.4. The minimum atomic E-state index is -0.348. The highest BCUT2D eigenvalue weighted by atomic mass is 19.1. The van der Waals surface area contributed by atoms with Gasteiger partial charge >= 0.3 is 0 Å². The molecule has 0 aromatic heterocycles. The second-order valence-corrected chi connectivity index (χ2v) is 3.72. The molecule has 1 N–H and O–H groups in total. The fourth-order valence-corrected chi connectivity index (χ4v) is 1.85. The minimum absolute atomic E-state index is 0.266. The first kappa shape index (κ1) is 10.8. The summed E-state index contributed by atoms with van der Waals surface area (Å²) in [5, 5.41) is 9.13. The number of aliphatic hydroxyl groups is 1. The molecule has 0 unspecified atom stereocenters. The van der Waals surface area contributed by atoms with Crippen molar-refractivity contribution in [3.63, 3.8) is 0 Å². The number of hydrogen-bond acceptors (Lipinski definition) is 1. The van der Waals surface area contributed by atoms with Crippen molar-refractivity contribution in [2.75, 3.05) is 0 Å². The number of hydrogen-bond donors (Lipinski definition) is 1. The van der Waals surface area contributed by atoms with Crippen LogP contribution in [-0.4, -0.2) is 5.11 Å². The van der Waals surface area contributed by atoms with Crippen molar-refractivity contribution in [3.05, 3.63) is 59.4 Å². The van der Waals surface area contributed by atoms with Gasteiger partial charge in [-0.25, -0.2) is 4.39 Å². The van der Waals surface area contributed by atoms with Crippen molar-refractivity contribution in [2.45, 2.75) is 13.5 Å². The second kappa shape index (κ2) is 4.45. The molecule has 2 heteroatoms. The van der Waals surface area contributed by atoms with Gasteiger partial charge in [-0.1, -0.05) is 36.4 Å². The molecule has 2 rings (SSSR count). The molecule has 2 aromatic carbocycles. The van der Waals surface area contributed by atoms with E-state index < -0.39 is 0 Å². The number of halogens is 1. The van der Waals surface area contributed by atoms with Gasteiger partial charge in [0.25, 0.3) is 0 Å². The molecule has 0 amide bonds. The van der Waals surface area contributed by atoms with E-state index in [1.165, 1.54) is 6.07 Å². The first-order valence-electron chi connectivity index (χ1n) is 5.18. The number of rotatable bonds is 2. The molecule has 0 fully saturated rings. The molecular weight excluding hydrogens is 203 g/mol. The van der Waals surface area contributed by atoms with Crippen molar-refractivity contribution in [1.82, 2.24) is 0 Å². The second-order valence-electron chi connectivity index (χ2n) is 3.72. The summed E-state index contributed by atoms with van der Waals surface area (Å²) in [5.74, 6) is -0.348. The first-order valence-corrected chi connectivity index (χ1v) is 5.18. The van der Waals surface area contributed by atoms with Gasteiger partial charge in [-0.3, -0.25) is 0 Å². The van der Waals surface area contributed by atoms with Crippen LogP contribution in [0.2, 0.25) is 0 Å². The van der Waals surface area contributed by atoms with Crippen molar-refractivity contribution in [1.29, 1.82) is 0 Å². The van der Waals surface area contributed by atoms with Gasteiger partial charge in [0.15, 0.2) is 0 Å². The Bertz CT molecular complexity index is 492. The zero-order valence-corrected chi connectivity index (χ0v) is 9.07. The molecule has 0 radical (unpaired) electrons. The summed E-state index contributed by atoms with van der Waals surface area (Å²) in [7, 11) is 0. The Kier molecular flexibility index (Phi) is 3.02. The summed E-state index contributed by atoms with van der Waals surface area (Å²) in [4.78, 5) is 0. The van der Waals surface area contributed by atoms with Crippen LogP contribution in [0.15, 0.2) is 42.5 Å². The van der Waals surface area contributed by atoms with E-state index in [1.54, 1.807) is 6.07 Å². The van der Waals surface area contributed by atoms with E-state index >= 15 is 0 Å². The van der Waals surface area contributed by atoms with E-state index in [0.717, 1.165) is 16.7 Å². The molecule has 0 atom stereocenters. The molecule has 0 spiro atoms. The van der Waals surface area contributed by atoms with Crippen molar-refractivity contribution in [3.8, 4) is 11.1 Å². The van der Waals surface area contributed by atoms with Gasteiger partial charge in [0.1, 0.15) is 5.82 Å². The highest BCUT2D eigenvalue weighted by Gasteiger charge is 2.09. The van der Waals surface area contributed by atoms with Gasteiger partial charge in [0.2, 0.25) is 0 Å². The topological polar surface area (TPSA) is 20.2 Å². The van der Waals surface area contributed by atoms with Crippen LogP contribution in [0.25, 0.3) is 11.1 Å². The van der Waals surface area contributed by atoms with Gasteiger partial charge in [-0.2, -0.15) is 0 Å². The van der Waals surface area contributed by atoms with Crippen LogP contribution in [0.3, 0.4) is 0 Å². The lowest BCUT2D eigenvalue weighted by molar-refractivity contribution is 0.275. The van der Waals surface area contributed by atoms with Crippen LogP contribution >= 0.6 is 0 Å². The van der Waals surface area contributed by atoms with Gasteiger partial charge in [0, 0.05) is 5.56 Å². The summed E-state index contributed by atoms with van der Waals surface area (Å²) in [5.41, 5.74) is 3.18. The monoisotopic (exact) mass is 216 g/mol. The molecule has 0 saturated heterocycles. The smallest absolute Gasteiger partial charge is 0.129 e. The van der Waals surface area contributed by atoms with E-state index in [9.17, 15) is 4.39 Å². The molecule has 0 saturated carbocycles. The molecule has 0 bridgehead atoms. The Morgan fingerprint density at radius 2 is 1.75 bits per heavy atom. The van der Waals surface area contributed by atoms with E-state index in [1.807, 2.05) is 37.3 Å². The van der Waals surface area contributed by atoms with Crippen LogP contribution < -0.4 is 0 Å². The molecule has 1 nitrogen and oxygen atoms in total. The van der Waals surface area contributed by atoms with Gasteiger partial charge in [-0.15, -0.1) is 0 Å². The third-order valence-electron chi connectivity index (χ3n) is 2.78. The lowest BCUT2D eigenvalue weighted by atomic mass is 9.96. The van der Waals surface area contributed by atoms with Gasteiger partial charge in [-0.05, 0) is 29.7 Å². The molecule has 16 heavy (non-hydrogen) atoms. The van der Waals surface area contributed by atoms with Crippen LogP contribution in [-0.2, 0) is 6.61 Å². The van der Waals surface area contributed by atoms with Gasteiger partial charge in [0.05, 0.1) is 6.61 Å². The van der Waals surface area contributed by atoms with E-state index in [2.05, 4.69) is 0 Å². The Hall–Kier alpha value is -1.67. The molecule has 0 aliphatic rings. The third-order valence-corrected chi connectivity index (χ3v) is 2.78. The fourth-order valence-electron chi connectivity index (χ4n) is 1.85. The molecule has 2 aromatic rings. The summed E-state index contributed by atoms with van der Waals surface area (Å²) < 4.78 is 13.4. The zero-order valence-electron chi connectivity index (χ0n) is 9.07. The van der Waals surface area contributed by atoms with Crippen molar-refractivity contribution in [2.24, 2.45) is 0 Å². The molecule has 0 aliphatic heterocycles. The van der Waals surface area contributed by atoms with Crippen LogP contribution in [0, 0.1) is 12.7 Å². The first-order chi connectivity index (χ1) is 7.74. The van der Waals surface area contributed by atoms with Crippen LogP contribution in [0.1, 0.15) is 11.1 Å². The molecular formula is C14H13FO. The van der Waals surface area contributed by atoms with E-state index in [-0.39, 0.29) is 12.4 Å². The fraction of sp³-hybridized carbons (Fsp3) is 0.143. The summed E-state index contributed by atoms with van der Waals surface area (Å²) in [6, 6.07) is 12.9. The van der Waals surface area contributed by atoms with Crippen LogP contribution in [0.5, 0.6) is 0 Å². The maximum atomic E-state index is 13.4. The molecule has 82 valence electrons. The molecule has 0 aliphatic carbocycles. The highest BCUT2D eigenvalue weighted by molar-refractivity contribution is 5.68. The summed E-state index contributed by atoms with van der Waals surface area (Å²) in [6.07, 6.45) is 0. The maximum Gasteiger partial charge on any atom is 0.129 e. The average molecular weight is 216 g/mol. The average Bonchev–Trinajstić information content (AvgIpc) is 2.31. The van der Waals surface area contributed by atoms with Crippen molar-refractivity contribution >= 4 is 0 Å². The normalized spacial score (nSPS) is 10.4. The van der Waals surface area contributed by atoms with E-state index in [4.69, 9.17) is 5.11 Å². The van der Waals surface area contributed by atoms with E-state index in [0.29, 0.717) is 5.56 Å². The quantitative estimate of drug-likeness (QED) is 0.816. The lowest BCUT2D eigenvalue weighted by Crippen LogP contribution is -1.96. The largest absolute Gasteiger partial charge is 0.392 e. The predicted octanol–water partition coefficient (Wildman–Crippen LogP) is 3.29. The Morgan fingerprint density at radius 3 is 2.38 bits per heavy atom. The Labute approximate surface area is 94.2 Å². The third kappa shape index (κ3) is 1.84. The predicted molar refractivity (Wildman–Crippen MR) is 62.5 cm³/mol. The molecule has 0 heterocycles. The Morgan fingerprint density at radius 1 is 1.06 bits per heavy atom. The SMILES string of the molecule is Cc1c(-c2ccccc2)ccc(F)c1CO. The number of aliphatic hydroxyl groups excluding tert-OH is 1. The highest BCUT2D eigenvalue weighted by Crippen LogP contribution is 2.27. The van der Waals surface area contributed by atoms with Gasteiger partial charge < -0.3 is 5.11 Å². The summed E-state index contributed by atoms with van der Waals surface area (Å²) >= 11 is 0.